The predicted octanol–water partition coefficient (Wildman–Crippen LogP) is 3.72. The maximum atomic E-state index is 13.3. The lowest BCUT2D eigenvalue weighted by molar-refractivity contribution is -0.126. The van der Waals surface area contributed by atoms with Gasteiger partial charge in [-0.3, -0.25) is 4.79 Å². The number of nitrogens with zero attached hydrogens (tertiary/aromatic N) is 2. The van der Waals surface area contributed by atoms with Gasteiger partial charge in [-0.15, -0.1) is 0 Å². The number of halogens is 1. The van der Waals surface area contributed by atoms with E-state index in [0.717, 1.165) is 44.6 Å². The molecule has 0 saturated carbocycles. The number of amides is 1. The minimum atomic E-state index is -0.863. The highest BCUT2D eigenvalue weighted by atomic mass is 35.5. The number of hydrogen-bond acceptors (Lipinski definition) is 6. The number of benzene rings is 2. The van der Waals surface area contributed by atoms with Gasteiger partial charge in [0.1, 0.15) is 18.6 Å². The third-order valence-corrected chi connectivity index (χ3v) is 7.12. The molecule has 0 spiro atoms. The minimum Gasteiger partial charge on any atom is -0.458 e. The lowest BCUT2D eigenvalue weighted by atomic mass is 9.99. The highest BCUT2D eigenvalue weighted by molar-refractivity contribution is 6.30. The van der Waals surface area contributed by atoms with Crippen molar-refractivity contribution in [2.45, 2.75) is 31.4 Å². The van der Waals surface area contributed by atoms with E-state index in [1.807, 2.05) is 30.3 Å². The molecule has 0 aliphatic carbocycles. The fourth-order valence-electron chi connectivity index (χ4n) is 4.96. The summed E-state index contributed by atoms with van der Waals surface area (Å²) in [6.07, 6.45) is 5.14. The molecule has 8 heteroatoms. The summed E-state index contributed by atoms with van der Waals surface area (Å²) < 4.78 is 11.0. The number of carbonyl (C=O) groups excluding carboxylic acids is 1. The summed E-state index contributed by atoms with van der Waals surface area (Å²) in [4.78, 5) is 17.8. The standard InChI is InChI=1S/C26H30ClN3O4/c27-20-4-6-21(7-5-20)30-12-9-19(16-30)26(32)28-22(17-29-10-1-2-11-29)25(31)18-3-8-23-24(15-18)34-14-13-33-23/h3-8,13-15,19,22,25,31H,1-2,9-12,16-17H2,(H,28,32)/t19?,22-,25-/m1/s1. The maximum absolute atomic E-state index is 13.3. The summed E-state index contributed by atoms with van der Waals surface area (Å²) in [5.41, 5.74) is 1.76. The Hall–Kier alpha value is -2.74. The zero-order valence-corrected chi connectivity index (χ0v) is 19.8. The van der Waals surface area contributed by atoms with E-state index in [1.165, 1.54) is 12.5 Å². The summed E-state index contributed by atoms with van der Waals surface area (Å²) in [5.74, 6) is 1.01. The van der Waals surface area contributed by atoms with Crippen LogP contribution in [0.4, 0.5) is 5.69 Å². The summed E-state index contributed by atoms with van der Waals surface area (Å²) in [6, 6.07) is 12.7. The van der Waals surface area contributed by atoms with Crippen molar-refractivity contribution in [2.75, 3.05) is 37.6 Å². The molecule has 1 unspecified atom stereocenters. The second-order valence-corrected chi connectivity index (χ2v) is 9.63. The van der Waals surface area contributed by atoms with Gasteiger partial charge in [-0.25, -0.2) is 0 Å². The summed E-state index contributed by atoms with van der Waals surface area (Å²) >= 11 is 6.02. The van der Waals surface area contributed by atoms with E-state index in [1.54, 1.807) is 12.1 Å². The van der Waals surface area contributed by atoms with Crippen LogP contribution in [-0.4, -0.2) is 54.7 Å². The van der Waals surface area contributed by atoms with Crippen LogP contribution >= 0.6 is 11.6 Å². The first kappa shape index (κ1) is 23.0. The van der Waals surface area contributed by atoms with Crippen LogP contribution in [0, 0.1) is 5.92 Å². The number of rotatable bonds is 7. The van der Waals surface area contributed by atoms with Crippen molar-refractivity contribution in [3.05, 3.63) is 65.6 Å². The average molecular weight is 484 g/mol. The topological polar surface area (TPSA) is 74.3 Å². The molecule has 0 bridgehead atoms. The number of ether oxygens (including phenoxy) is 2. The van der Waals surface area contributed by atoms with E-state index in [2.05, 4.69) is 15.1 Å². The van der Waals surface area contributed by atoms with Crippen molar-refractivity contribution in [1.82, 2.24) is 10.2 Å². The molecule has 3 atom stereocenters. The van der Waals surface area contributed by atoms with Crippen molar-refractivity contribution in [1.29, 1.82) is 0 Å². The predicted molar refractivity (Wildman–Crippen MR) is 131 cm³/mol. The van der Waals surface area contributed by atoms with E-state index in [9.17, 15) is 9.90 Å². The van der Waals surface area contributed by atoms with Crippen LogP contribution in [-0.2, 0) is 4.79 Å². The lowest BCUT2D eigenvalue weighted by Crippen LogP contribution is -2.48. The van der Waals surface area contributed by atoms with Gasteiger partial charge in [-0.1, -0.05) is 17.7 Å². The van der Waals surface area contributed by atoms with Crippen LogP contribution in [0.15, 0.2) is 55.0 Å². The Labute approximate surface area is 204 Å². The molecule has 2 aromatic rings. The summed E-state index contributed by atoms with van der Waals surface area (Å²) in [5, 5.41) is 15.2. The average Bonchev–Trinajstić information content (AvgIpc) is 3.56. The molecule has 3 heterocycles. The highest BCUT2D eigenvalue weighted by Crippen LogP contribution is 2.34. The largest absolute Gasteiger partial charge is 0.458 e. The molecule has 2 N–H and O–H groups in total. The van der Waals surface area contributed by atoms with Gasteiger partial charge in [0.15, 0.2) is 11.5 Å². The van der Waals surface area contributed by atoms with Crippen molar-refractivity contribution in [2.24, 2.45) is 5.92 Å². The lowest BCUT2D eigenvalue weighted by Gasteiger charge is -2.30. The van der Waals surface area contributed by atoms with Crippen molar-refractivity contribution >= 4 is 23.2 Å². The normalized spacial score (nSPS) is 21.5. The fraction of sp³-hybridized carbons (Fsp3) is 0.423. The van der Waals surface area contributed by atoms with Crippen molar-refractivity contribution in [3.63, 3.8) is 0 Å². The molecule has 3 aliphatic rings. The number of likely N-dealkylation sites (tertiary alicyclic amines) is 1. The third kappa shape index (κ3) is 5.17. The number of hydrogen-bond donors (Lipinski definition) is 2. The Balaban J connectivity index is 1.28. The first-order valence-electron chi connectivity index (χ1n) is 11.9. The Bertz CT molecular complexity index is 1040. The van der Waals surface area contributed by atoms with Crippen molar-refractivity contribution in [3.8, 4) is 11.5 Å². The Kier molecular flexibility index (Phi) is 6.94. The SMILES string of the molecule is O=C(N[C@H](CN1CCCC1)[C@H](O)c1ccc2c(c1)OC=CO2)C1CCN(c2ccc(Cl)cc2)C1. The molecule has 0 radical (unpaired) electrons. The van der Waals surface area contributed by atoms with Crippen LogP contribution < -0.4 is 19.7 Å². The van der Waals surface area contributed by atoms with Crippen molar-refractivity contribution < 1.29 is 19.4 Å². The number of nitrogens with one attached hydrogen (secondary N) is 1. The molecule has 3 aliphatic heterocycles. The molecular formula is C26H30ClN3O4. The van der Waals surface area contributed by atoms with E-state index >= 15 is 0 Å². The fourth-order valence-corrected chi connectivity index (χ4v) is 5.09. The number of carbonyl (C=O) groups is 1. The molecule has 0 aromatic heterocycles. The molecule has 2 saturated heterocycles. The monoisotopic (exact) mass is 483 g/mol. The second kappa shape index (κ2) is 10.3. The van der Waals surface area contributed by atoms with Gasteiger partial charge in [0.05, 0.1) is 12.0 Å². The minimum absolute atomic E-state index is 0.0137. The quantitative estimate of drug-likeness (QED) is 0.625. The third-order valence-electron chi connectivity index (χ3n) is 6.87. The Morgan fingerprint density at radius 1 is 1.06 bits per heavy atom. The Morgan fingerprint density at radius 3 is 2.56 bits per heavy atom. The van der Waals surface area contributed by atoms with Crippen LogP contribution in [0.25, 0.3) is 0 Å². The second-order valence-electron chi connectivity index (χ2n) is 9.19. The van der Waals surface area contributed by atoms with Gasteiger partial charge in [0.25, 0.3) is 0 Å². The molecule has 2 aromatic carbocycles. The number of fused-ring (bicyclic) bond motifs is 1. The van der Waals surface area contributed by atoms with E-state index in [0.29, 0.717) is 35.2 Å². The molecule has 7 nitrogen and oxygen atoms in total. The first-order valence-corrected chi connectivity index (χ1v) is 12.3. The van der Waals surface area contributed by atoms with E-state index in [4.69, 9.17) is 21.1 Å². The van der Waals surface area contributed by atoms with Gasteiger partial charge in [0.2, 0.25) is 5.91 Å². The van der Waals surface area contributed by atoms with Gasteiger partial charge in [-0.05, 0) is 74.3 Å². The smallest absolute Gasteiger partial charge is 0.225 e. The summed E-state index contributed by atoms with van der Waals surface area (Å²) in [7, 11) is 0. The zero-order valence-electron chi connectivity index (χ0n) is 19.0. The van der Waals surface area contributed by atoms with Gasteiger partial charge in [-0.2, -0.15) is 0 Å². The number of anilines is 1. The molecule has 1 amide bonds. The zero-order chi connectivity index (χ0) is 23.5. The first-order chi connectivity index (χ1) is 16.6. The van der Waals surface area contributed by atoms with Gasteiger partial charge >= 0.3 is 0 Å². The molecule has 34 heavy (non-hydrogen) atoms. The van der Waals surface area contributed by atoms with Crippen LogP contribution in [0.1, 0.15) is 30.9 Å². The maximum Gasteiger partial charge on any atom is 0.225 e. The molecule has 180 valence electrons. The van der Waals surface area contributed by atoms with Crippen LogP contribution in [0.5, 0.6) is 11.5 Å². The highest BCUT2D eigenvalue weighted by Gasteiger charge is 2.33. The van der Waals surface area contributed by atoms with E-state index < -0.39 is 12.1 Å². The van der Waals surface area contributed by atoms with Crippen LogP contribution in [0.2, 0.25) is 5.02 Å². The Morgan fingerprint density at radius 2 is 1.79 bits per heavy atom. The number of aliphatic hydroxyl groups is 1. The molecule has 2 fully saturated rings. The summed E-state index contributed by atoms with van der Waals surface area (Å²) in [6.45, 7) is 4.04. The van der Waals surface area contributed by atoms with E-state index in [-0.39, 0.29) is 11.8 Å². The molecule has 5 rings (SSSR count). The molecular weight excluding hydrogens is 454 g/mol. The van der Waals surface area contributed by atoms with Gasteiger partial charge < -0.3 is 29.7 Å². The number of aliphatic hydroxyl groups excluding tert-OH is 1. The van der Waals surface area contributed by atoms with Crippen LogP contribution in [0.3, 0.4) is 0 Å². The van der Waals surface area contributed by atoms with Gasteiger partial charge in [0, 0.05) is 30.3 Å².